The number of aromatic nitrogens is 3. The summed E-state index contributed by atoms with van der Waals surface area (Å²) in [4.78, 5) is 37.2. The van der Waals surface area contributed by atoms with E-state index >= 15 is 0 Å². The molecule has 0 saturated heterocycles. The van der Waals surface area contributed by atoms with E-state index in [1.807, 2.05) is 13.8 Å². The molecule has 0 spiro atoms. The lowest BCUT2D eigenvalue weighted by Gasteiger charge is -2.09. The molecule has 7 nitrogen and oxygen atoms in total. The van der Waals surface area contributed by atoms with Gasteiger partial charge in [0.2, 0.25) is 0 Å². The summed E-state index contributed by atoms with van der Waals surface area (Å²) in [7, 11) is 0. The Morgan fingerprint density at radius 1 is 0.929 bits per heavy atom. The van der Waals surface area contributed by atoms with E-state index in [0.717, 1.165) is 11.4 Å². The van der Waals surface area contributed by atoms with Crippen LogP contribution >= 0.6 is 23.2 Å². The molecule has 3 aromatic rings. The first-order chi connectivity index (χ1) is 13.2. The van der Waals surface area contributed by atoms with E-state index in [9.17, 15) is 9.59 Å². The van der Waals surface area contributed by atoms with Gasteiger partial charge in [-0.05, 0) is 45.0 Å². The largest absolute Gasteiger partial charge is 0.452 e. The SMILES string of the molecule is Cc1nc(NC(=O)COC(=O)c2ccc3nc(C)c(C)nc3c2)c(Cl)cc1Cl. The third kappa shape index (κ3) is 4.37. The zero-order chi connectivity index (χ0) is 20.4. The van der Waals surface area contributed by atoms with Gasteiger partial charge < -0.3 is 10.1 Å². The third-order valence-corrected chi connectivity index (χ3v) is 4.68. The maximum atomic E-state index is 12.3. The standard InChI is InChI=1S/C19H16Cl2N4O3/c1-9-10(2)23-16-6-12(4-5-15(16)22-9)19(27)28-8-17(26)25-18-14(21)7-13(20)11(3)24-18/h4-7H,8H2,1-3H3,(H,24,25,26). The van der Waals surface area contributed by atoms with Crippen molar-refractivity contribution in [3.63, 3.8) is 0 Å². The van der Waals surface area contributed by atoms with E-state index in [0.29, 0.717) is 21.7 Å². The number of rotatable bonds is 4. The van der Waals surface area contributed by atoms with Gasteiger partial charge in [0, 0.05) is 0 Å². The summed E-state index contributed by atoms with van der Waals surface area (Å²) in [6.45, 7) is 4.90. The van der Waals surface area contributed by atoms with Crippen LogP contribution in [0.15, 0.2) is 24.3 Å². The number of benzene rings is 1. The molecular weight excluding hydrogens is 403 g/mol. The molecule has 0 aliphatic carbocycles. The highest BCUT2D eigenvalue weighted by Crippen LogP contribution is 2.25. The van der Waals surface area contributed by atoms with Crippen molar-refractivity contribution < 1.29 is 14.3 Å². The van der Waals surface area contributed by atoms with E-state index in [1.165, 1.54) is 6.07 Å². The molecule has 144 valence electrons. The molecule has 2 heterocycles. The Morgan fingerprint density at radius 2 is 1.61 bits per heavy atom. The van der Waals surface area contributed by atoms with Gasteiger partial charge in [-0.1, -0.05) is 23.2 Å². The first kappa shape index (κ1) is 20.0. The molecular formula is C19H16Cl2N4O3. The lowest BCUT2D eigenvalue weighted by Crippen LogP contribution is -2.21. The van der Waals surface area contributed by atoms with Crippen molar-refractivity contribution in [2.75, 3.05) is 11.9 Å². The molecule has 0 unspecified atom stereocenters. The van der Waals surface area contributed by atoms with Gasteiger partial charge >= 0.3 is 5.97 Å². The van der Waals surface area contributed by atoms with Gasteiger partial charge in [0.1, 0.15) is 0 Å². The van der Waals surface area contributed by atoms with E-state index in [4.69, 9.17) is 27.9 Å². The molecule has 9 heteroatoms. The fraction of sp³-hybridized carbons (Fsp3) is 0.211. The van der Waals surface area contributed by atoms with Crippen LogP contribution in [-0.4, -0.2) is 33.4 Å². The van der Waals surface area contributed by atoms with Gasteiger partial charge in [0.15, 0.2) is 12.4 Å². The van der Waals surface area contributed by atoms with Crippen LogP contribution in [0.3, 0.4) is 0 Å². The minimum atomic E-state index is -0.650. The number of esters is 1. The second-order valence-electron chi connectivity index (χ2n) is 6.11. The van der Waals surface area contributed by atoms with Crippen LogP contribution in [0.5, 0.6) is 0 Å². The number of anilines is 1. The van der Waals surface area contributed by atoms with Crippen molar-refractivity contribution in [3.8, 4) is 0 Å². The normalized spacial score (nSPS) is 10.8. The van der Waals surface area contributed by atoms with Crippen molar-refractivity contribution in [1.29, 1.82) is 0 Å². The van der Waals surface area contributed by atoms with Crippen molar-refractivity contribution in [2.24, 2.45) is 0 Å². The van der Waals surface area contributed by atoms with E-state index in [-0.39, 0.29) is 16.4 Å². The van der Waals surface area contributed by atoms with E-state index < -0.39 is 18.5 Å². The molecule has 28 heavy (non-hydrogen) atoms. The molecule has 0 aliphatic heterocycles. The quantitative estimate of drug-likeness (QED) is 0.642. The second-order valence-corrected chi connectivity index (χ2v) is 6.92. The number of amides is 1. The molecule has 0 bridgehead atoms. The summed E-state index contributed by atoms with van der Waals surface area (Å²) in [6, 6.07) is 6.32. The van der Waals surface area contributed by atoms with Crippen LogP contribution < -0.4 is 5.32 Å². The predicted octanol–water partition coefficient (Wildman–Crippen LogP) is 4.05. The number of aryl methyl sites for hydroxylation is 3. The fourth-order valence-corrected chi connectivity index (χ4v) is 2.79. The second kappa shape index (κ2) is 8.08. The summed E-state index contributed by atoms with van der Waals surface area (Å²) in [5.74, 6) is -1.07. The summed E-state index contributed by atoms with van der Waals surface area (Å²) in [5, 5.41) is 3.07. The monoisotopic (exact) mass is 418 g/mol. The number of halogens is 2. The van der Waals surface area contributed by atoms with Gasteiger partial charge in [0.25, 0.3) is 5.91 Å². The minimum Gasteiger partial charge on any atom is -0.452 e. The molecule has 0 atom stereocenters. The first-order valence-electron chi connectivity index (χ1n) is 8.29. The topological polar surface area (TPSA) is 94.1 Å². The highest BCUT2D eigenvalue weighted by molar-refractivity contribution is 6.36. The highest BCUT2D eigenvalue weighted by atomic mass is 35.5. The molecule has 1 aromatic carbocycles. The van der Waals surface area contributed by atoms with Gasteiger partial charge in [-0.2, -0.15) is 0 Å². The number of hydrogen-bond donors (Lipinski definition) is 1. The Hall–Kier alpha value is -2.77. The van der Waals surface area contributed by atoms with Crippen molar-refractivity contribution in [2.45, 2.75) is 20.8 Å². The summed E-state index contributed by atoms with van der Waals surface area (Å²) >= 11 is 11.9. The molecule has 0 fully saturated rings. The Labute approximate surface area is 171 Å². The number of ether oxygens (including phenoxy) is 1. The smallest absolute Gasteiger partial charge is 0.338 e. The van der Waals surface area contributed by atoms with Gasteiger partial charge in [-0.15, -0.1) is 0 Å². The molecule has 0 saturated carbocycles. The lowest BCUT2D eigenvalue weighted by atomic mass is 10.2. The summed E-state index contributed by atoms with van der Waals surface area (Å²) in [6.07, 6.45) is 0. The van der Waals surface area contributed by atoms with Gasteiger partial charge in [-0.3, -0.25) is 4.79 Å². The molecule has 0 radical (unpaired) electrons. The zero-order valence-corrected chi connectivity index (χ0v) is 16.9. The highest BCUT2D eigenvalue weighted by Gasteiger charge is 2.14. The van der Waals surface area contributed by atoms with Crippen LogP contribution in [0.2, 0.25) is 10.0 Å². The number of fused-ring (bicyclic) bond motifs is 1. The van der Waals surface area contributed by atoms with Gasteiger partial charge in [0.05, 0.1) is 43.7 Å². The molecule has 0 aliphatic rings. The minimum absolute atomic E-state index is 0.149. The maximum Gasteiger partial charge on any atom is 0.338 e. The Balaban J connectivity index is 1.66. The van der Waals surface area contributed by atoms with Crippen molar-refractivity contribution in [3.05, 3.63) is 57.0 Å². The number of hydrogen-bond acceptors (Lipinski definition) is 6. The first-order valence-corrected chi connectivity index (χ1v) is 9.05. The fourth-order valence-electron chi connectivity index (χ4n) is 2.39. The van der Waals surface area contributed by atoms with Crippen LogP contribution in [0, 0.1) is 20.8 Å². The molecule has 3 rings (SSSR count). The van der Waals surface area contributed by atoms with Crippen LogP contribution in [-0.2, 0) is 9.53 Å². The van der Waals surface area contributed by atoms with Crippen molar-refractivity contribution in [1.82, 2.24) is 15.0 Å². The van der Waals surface area contributed by atoms with Crippen LogP contribution in [0.1, 0.15) is 27.4 Å². The number of pyridine rings is 1. The van der Waals surface area contributed by atoms with Crippen LogP contribution in [0.25, 0.3) is 11.0 Å². The Morgan fingerprint density at radius 3 is 2.32 bits per heavy atom. The summed E-state index contributed by atoms with van der Waals surface area (Å²) < 4.78 is 5.06. The lowest BCUT2D eigenvalue weighted by molar-refractivity contribution is -0.119. The van der Waals surface area contributed by atoms with Gasteiger partial charge in [-0.25, -0.2) is 19.7 Å². The number of carbonyl (C=O) groups is 2. The number of nitrogens with one attached hydrogen (secondary N) is 1. The Bertz CT molecular complexity index is 1100. The van der Waals surface area contributed by atoms with E-state index in [2.05, 4.69) is 20.3 Å². The molecule has 1 amide bonds. The number of carbonyl (C=O) groups excluding carboxylic acids is 2. The van der Waals surface area contributed by atoms with Crippen LogP contribution in [0.4, 0.5) is 5.82 Å². The average Bonchev–Trinajstić information content (AvgIpc) is 2.64. The maximum absolute atomic E-state index is 12.3. The van der Waals surface area contributed by atoms with E-state index in [1.54, 1.807) is 25.1 Å². The molecule has 1 N–H and O–H groups in total. The molecule has 2 aromatic heterocycles. The zero-order valence-electron chi connectivity index (χ0n) is 15.3. The van der Waals surface area contributed by atoms with Crippen molar-refractivity contribution >= 4 is 51.9 Å². The number of nitrogens with zero attached hydrogens (tertiary/aromatic N) is 3. The third-order valence-electron chi connectivity index (χ3n) is 4.01. The average molecular weight is 419 g/mol. The Kier molecular flexibility index (Phi) is 5.76. The predicted molar refractivity (Wildman–Crippen MR) is 107 cm³/mol. The summed E-state index contributed by atoms with van der Waals surface area (Å²) in [5.41, 5.74) is 3.65.